The summed E-state index contributed by atoms with van der Waals surface area (Å²) in [6.07, 6.45) is 3.29. The Morgan fingerprint density at radius 3 is 2.50 bits per heavy atom. The molecule has 3 aromatic rings. The maximum absolute atomic E-state index is 6.37. The van der Waals surface area contributed by atoms with Gasteiger partial charge in [-0.05, 0) is 69.5 Å². The first-order valence-corrected chi connectivity index (χ1v) is 12.2. The van der Waals surface area contributed by atoms with Gasteiger partial charge in [-0.15, -0.1) is 0 Å². The molecular weight excluding hydrogens is 450 g/mol. The highest BCUT2D eigenvalue weighted by molar-refractivity contribution is 6.32. The molecule has 4 N–H and O–H groups in total. The highest BCUT2D eigenvalue weighted by Crippen LogP contribution is 2.29. The number of aromatic nitrogens is 3. The molecule has 0 aliphatic carbocycles. The molecule has 1 aromatic heterocycles. The van der Waals surface area contributed by atoms with Crippen molar-refractivity contribution in [2.75, 3.05) is 29.1 Å². The first kappa shape index (κ1) is 24.0. The van der Waals surface area contributed by atoms with Gasteiger partial charge in [-0.3, -0.25) is 0 Å². The molecule has 8 nitrogen and oxygen atoms in total. The van der Waals surface area contributed by atoms with Crippen molar-refractivity contribution < 1.29 is 4.74 Å². The highest BCUT2D eigenvalue weighted by Gasteiger charge is 2.24. The summed E-state index contributed by atoms with van der Waals surface area (Å²) in [6.45, 7) is 7.74. The second kappa shape index (κ2) is 11.4. The summed E-state index contributed by atoms with van der Waals surface area (Å²) in [7, 11) is 0. The van der Waals surface area contributed by atoms with E-state index < -0.39 is 0 Å². The van der Waals surface area contributed by atoms with E-state index in [0.29, 0.717) is 41.3 Å². The zero-order valence-corrected chi connectivity index (χ0v) is 20.6. The van der Waals surface area contributed by atoms with E-state index in [1.54, 1.807) is 6.07 Å². The van der Waals surface area contributed by atoms with Crippen LogP contribution >= 0.6 is 11.6 Å². The van der Waals surface area contributed by atoms with Crippen molar-refractivity contribution in [3.05, 3.63) is 53.1 Å². The minimum absolute atomic E-state index is 0.226. The molecule has 34 heavy (non-hydrogen) atoms. The predicted octanol–water partition coefficient (Wildman–Crippen LogP) is 5.66. The van der Waals surface area contributed by atoms with Crippen LogP contribution in [0.5, 0.6) is 5.75 Å². The fraction of sp³-hybridized carbons (Fsp3) is 0.400. The molecule has 1 aliphatic heterocycles. The van der Waals surface area contributed by atoms with Crippen LogP contribution in [0, 0.1) is 6.92 Å². The standard InChI is InChI=1S/C25H32ClN7O/c1-4-19(21-11-8-14-27-21)29-24-31-23(28-17-12-13-22(34-5-2)18(26)15-17)32-25(33-24)30-20-10-7-6-9-16(20)3/h6-7,9-10,12-13,15,19,21,27H,4-5,8,11,14H2,1-3H3,(H3,28,29,30,31,32,33). The van der Waals surface area contributed by atoms with Crippen LogP contribution in [-0.2, 0) is 0 Å². The number of ether oxygens (including phenoxy) is 1. The summed E-state index contributed by atoms with van der Waals surface area (Å²) in [5.74, 6) is 2.04. The molecule has 0 bridgehead atoms. The second-order valence-electron chi connectivity index (χ2n) is 8.31. The number of nitrogens with one attached hydrogen (secondary N) is 4. The lowest BCUT2D eigenvalue weighted by Crippen LogP contribution is -2.40. The third kappa shape index (κ3) is 6.07. The minimum atomic E-state index is 0.226. The number of hydrogen-bond acceptors (Lipinski definition) is 8. The van der Waals surface area contributed by atoms with Crippen molar-refractivity contribution in [2.45, 2.75) is 52.1 Å². The van der Waals surface area contributed by atoms with Gasteiger partial charge in [0.2, 0.25) is 17.8 Å². The van der Waals surface area contributed by atoms with Gasteiger partial charge in [-0.1, -0.05) is 36.7 Å². The van der Waals surface area contributed by atoms with Crippen LogP contribution in [-0.4, -0.2) is 40.2 Å². The number of nitrogens with zero attached hydrogens (tertiary/aromatic N) is 3. The van der Waals surface area contributed by atoms with Crippen molar-refractivity contribution in [1.82, 2.24) is 20.3 Å². The fourth-order valence-corrected chi connectivity index (χ4v) is 4.31. The first-order chi connectivity index (χ1) is 16.6. The lowest BCUT2D eigenvalue weighted by molar-refractivity contribution is 0.340. The fourth-order valence-electron chi connectivity index (χ4n) is 4.07. The van der Waals surface area contributed by atoms with E-state index in [1.807, 2.05) is 50.2 Å². The molecule has 1 aliphatic rings. The molecule has 1 fully saturated rings. The van der Waals surface area contributed by atoms with Gasteiger partial charge in [-0.2, -0.15) is 15.0 Å². The first-order valence-electron chi connectivity index (χ1n) is 11.8. The quantitative estimate of drug-likeness (QED) is 0.294. The third-order valence-corrected chi connectivity index (χ3v) is 6.15. The van der Waals surface area contributed by atoms with Gasteiger partial charge in [0.15, 0.2) is 0 Å². The van der Waals surface area contributed by atoms with Crippen molar-refractivity contribution in [3.63, 3.8) is 0 Å². The third-order valence-electron chi connectivity index (χ3n) is 5.85. The molecule has 9 heteroatoms. The van der Waals surface area contributed by atoms with Gasteiger partial charge in [0.05, 0.1) is 11.6 Å². The van der Waals surface area contributed by atoms with Crippen molar-refractivity contribution >= 4 is 40.8 Å². The summed E-state index contributed by atoms with van der Waals surface area (Å²) in [6, 6.07) is 14.2. The molecule has 0 saturated carbocycles. The van der Waals surface area contributed by atoms with E-state index in [4.69, 9.17) is 16.3 Å². The smallest absolute Gasteiger partial charge is 0.233 e. The van der Waals surface area contributed by atoms with Crippen LogP contribution < -0.4 is 26.0 Å². The Hall–Kier alpha value is -3.10. The average molecular weight is 482 g/mol. The molecule has 180 valence electrons. The summed E-state index contributed by atoms with van der Waals surface area (Å²) < 4.78 is 5.54. The highest BCUT2D eigenvalue weighted by atomic mass is 35.5. The summed E-state index contributed by atoms with van der Waals surface area (Å²) in [4.78, 5) is 13.9. The SMILES string of the molecule is CCOc1ccc(Nc2nc(Nc3ccccc3C)nc(NC(CC)C3CCCN3)n2)cc1Cl. The molecule has 2 heterocycles. The van der Waals surface area contributed by atoms with Crippen molar-refractivity contribution in [3.8, 4) is 5.75 Å². The topological polar surface area (TPSA) is 96.0 Å². The lowest BCUT2D eigenvalue weighted by atomic mass is 10.0. The summed E-state index contributed by atoms with van der Waals surface area (Å²) in [5, 5.41) is 14.2. The van der Waals surface area contributed by atoms with Crippen LogP contribution in [0.4, 0.5) is 29.2 Å². The molecule has 4 rings (SSSR count). The molecule has 0 radical (unpaired) electrons. The number of benzene rings is 2. The van der Waals surface area contributed by atoms with Crippen LogP contribution in [0.2, 0.25) is 5.02 Å². The van der Waals surface area contributed by atoms with E-state index in [0.717, 1.165) is 36.3 Å². The molecule has 0 amide bonds. The van der Waals surface area contributed by atoms with Gasteiger partial charge in [0, 0.05) is 23.5 Å². The van der Waals surface area contributed by atoms with Crippen molar-refractivity contribution in [2.24, 2.45) is 0 Å². The zero-order valence-electron chi connectivity index (χ0n) is 19.9. The van der Waals surface area contributed by atoms with Gasteiger partial charge < -0.3 is 26.0 Å². The van der Waals surface area contributed by atoms with E-state index >= 15 is 0 Å². The van der Waals surface area contributed by atoms with Crippen LogP contribution in [0.3, 0.4) is 0 Å². The number of anilines is 5. The van der Waals surface area contributed by atoms with Crippen molar-refractivity contribution in [1.29, 1.82) is 0 Å². The molecule has 2 unspecified atom stereocenters. The number of rotatable bonds is 10. The minimum Gasteiger partial charge on any atom is -0.492 e. The Morgan fingerprint density at radius 1 is 1.06 bits per heavy atom. The number of para-hydroxylation sites is 1. The normalized spacial score (nSPS) is 16.2. The Bertz CT molecular complexity index is 1100. The number of aryl methyl sites for hydroxylation is 1. The van der Waals surface area contributed by atoms with Crippen LogP contribution in [0.25, 0.3) is 0 Å². The molecule has 0 spiro atoms. The maximum atomic E-state index is 6.37. The van der Waals surface area contributed by atoms with Gasteiger partial charge in [0.25, 0.3) is 0 Å². The van der Waals surface area contributed by atoms with E-state index in [-0.39, 0.29) is 6.04 Å². The number of halogens is 1. The Labute approximate surface area is 205 Å². The molecule has 1 saturated heterocycles. The van der Waals surface area contributed by atoms with Crippen LogP contribution in [0.15, 0.2) is 42.5 Å². The van der Waals surface area contributed by atoms with E-state index in [1.165, 1.54) is 6.42 Å². The average Bonchev–Trinajstić information content (AvgIpc) is 3.36. The zero-order chi connectivity index (χ0) is 23.9. The summed E-state index contributed by atoms with van der Waals surface area (Å²) >= 11 is 6.37. The number of hydrogen-bond donors (Lipinski definition) is 4. The largest absolute Gasteiger partial charge is 0.492 e. The Kier molecular flexibility index (Phi) is 8.03. The molecular formula is C25H32ClN7O. The van der Waals surface area contributed by atoms with Gasteiger partial charge >= 0.3 is 0 Å². The van der Waals surface area contributed by atoms with Crippen LogP contribution in [0.1, 0.15) is 38.7 Å². The van der Waals surface area contributed by atoms with E-state index in [2.05, 4.69) is 43.1 Å². The second-order valence-corrected chi connectivity index (χ2v) is 8.72. The molecule has 2 atom stereocenters. The van der Waals surface area contributed by atoms with E-state index in [9.17, 15) is 0 Å². The monoisotopic (exact) mass is 481 g/mol. The molecule has 2 aromatic carbocycles. The predicted molar refractivity (Wildman–Crippen MR) is 139 cm³/mol. The Balaban J connectivity index is 1.62. The maximum Gasteiger partial charge on any atom is 0.233 e. The summed E-state index contributed by atoms with van der Waals surface area (Å²) in [5.41, 5.74) is 2.81. The Morgan fingerprint density at radius 2 is 1.82 bits per heavy atom. The van der Waals surface area contributed by atoms with Gasteiger partial charge in [-0.25, -0.2) is 0 Å². The lowest BCUT2D eigenvalue weighted by Gasteiger charge is -2.24. The van der Waals surface area contributed by atoms with Gasteiger partial charge in [0.1, 0.15) is 5.75 Å².